The van der Waals surface area contributed by atoms with E-state index >= 15 is 0 Å². The van der Waals surface area contributed by atoms with Gasteiger partial charge in [-0.2, -0.15) is 0 Å². The highest BCUT2D eigenvalue weighted by atomic mass is 32.2. The van der Waals surface area contributed by atoms with Gasteiger partial charge in [0.25, 0.3) is 0 Å². The van der Waals surface area contributed by atoms with Crippen molar-refractivity contribution in [2.45, 2.75) is 18.4 Å². The zero-order chi connectivity index (χ0) is 15.3. The molecule has 0 aliphatic carbocycles. The predicted molar refractivity (Wildman–Crippen MR) is 74.3 cm³/mol. The molecule has 7 nitrogen and oxygen atoms in total. The molecule has 2 aromatic rings. The number of rotatable bonds is 7. The first-order valence-corrected chi connectivity index (χ1v) is 7.74. The summed E-state index contributed by atoms with van der Waals surface area (Å²) >= 11 is 0. The maximum absolute atomic E-state index is 12.1. The molecule has 0 aliphatic rings. The van der Waals surface area contributed by atoms with Crippen molar-refractivity contribution >= 4 is 10.0 Å². The molecular formula is C13H16N2O5S. The van der Waals surface area contributed by atoms with Gasteiger partial charge in [0.05, 0.1) is 24.2 Å². The average Bonchev–Trinajstić information content (AvgIpc) is 2.89. The van der Waals surface area contributed by atoms with Crippen molar-refractivity contribution < 1.29 is 22.7 Å². The molecule has 2 N–H and O–H groups in total. The number of aryl methyl sites for hydroxylation is 1. The van der Waals surface area contributed by atoms with E-state index in [9.17, 15) is 8.42 Å². The van der Waals surface area contributed by atoms with E-state index in [-0.39, 0.29) is 24.7 Å². The van der Waals surface area contributed by atoms with Gasteiger partial charge in [0.1, 0.15) is 18.1 Å². The van der Waals surface area contributed by atoms with Gasteiger partial charge in [-0.3, -0.25) is 0 Å². The summed E-state index contributed by atoms with van der Waals surface area (Å²) in [5.41, 5.74) is 0. The second kappa shape index (κ2) is 6.70. The van der Waals surface area contributed by atoms with Crippen molar-refractivity contribution in [1.82, 2.24) is 9.71 Å². The van der Waals surface area contributed by atoms with Crippen LogP contribution in [0, 0.1) is 6.92 Å². The summed E-state index contributed by atoms with van der Waals surface area (Å²) in [4.78, 5) is 4.04. The van der Waals surface area contributed by atoms with Crippen LogP contribution in [0.4, 0.5) is 0 Å². The summed E-state index contributed by atoms with van der Waals surface area (Å²) in [7, 11) is -3.64. The van der Waals surface area contributed by atoms with Crippen LogP contribution >= 0.6 is 0 Å². The number of oxazole rings is 1. The minimum atomic E-state index is -3.64. The van der Waals surface area contributed by atoms with E-state index in [0.717, 1.165) is 0 Å². The highest BCUT2D eigenvalue weighted by molar-refractivity contribution is 7.89. The Morgan fingerprint density at radius 2 is 2.05 bits per heavy atom. The first-order valence-electron chi connectivity index (χ1n) is 6.26. The zero-order valence-corrected chi connectivity index (χ0v) is 12.3. The normalized spacial score (nSPS) is 11.5. The van der Waals surface area contributed by atoms with Crippen LogP contribution in [0.5, 0.6) is 5.75 Å². The van der Waals surface area contributed by atoms with Gasteiger partial charge in [-0.25, -0.2) is 18.1 Å². The van der Waals surface area contributed by atoms with Crippen LogP contribution in [-0.2, 0) is 16.6 Å². The highest BCUT2D eigenvalue weighted by Crippen LogP contribution is 2.16. The van der Waals surface area contributed by atoms with E-state index < -0.39 is 10.0 Å². The van der Waals surface area contributed by atoms with Crippen LogP contribution in [0.25, 0.3) is 0 Å². The van der Waals surface area contributed by atoms with Gasteiger partial charge >= 0.3 is 0 Å². The van der Waals surface area contributed by atoms with Gasteiger partial charge in [0, 0.05) is 0 Å². The number of hydrogen-bond acceptors (Lipinski definition) is 6. The van der Waals surface area contributed by atoms with E-state index in [4.69, 9.17) is 14.3 Å². The Morgan fingerprint density at radius 1 is 1.33 bits per heavy atom. The van der Waals surface area contributed by atoms with E-state index in [1.807, 2.05) is 0 Å². The predicted octanol–water partition coefficient (Wildman–Crippen LogP) is 0.833. The molecule has 0 saturated carbocycles. The molecule has 1 aromatic carbocycles. The Kier molecular flexibility index (Phi) is 4.94. The minimum absolute atomic E-state index is 0.0149. The second-order valence-electron chi connectivity index (χ2n) is 4.23. The fraction of sp³-hybridized carbons (Fsp3) is 0.308. The minimum Gasteiger partial charge on any atom is -0.491 e. The third-order valence-corrected chi connectivity index (χ3v) is 3.99. The van der Waals surface area contributed by atoms with Crippen molar-refractivity contribution in [1.29, 1.82) is 0 Å². The maximum Gasteiger partial charge on any atom is 0.241 e. The zero-order valence-electron chi connectivity index (χ0n) is 11.4. The Bertz CT molecular complexity index is 679. The summed E-state index contributed by atoms with van der Waals surface area (Å²) in [6, 6.07) is 5.91. The molecule has 0 unspecified atom stereocenters. The standard InChI is InChI=1S/C13H16N2O5S/c1-10-8-14-13(20-10)9-15-21(17,18)12-4-2-11(3-5-12)19-7-6-16/h2-5,8,15-16H,6-7,9H2,1H3. The van der Waals surface area contributed by atoms with Gasteiger partial charge in [0.2, 0.25) is 15.9 Å². The highest BCUT2D eigenvalue weighted by Gasteiger charge is 2.15. The lowest BCUT2D eigenvalue weighted by atomic mass is 10.3. The number of benzene rings is 1. The van der Waals surface area contributed by atoms with Crippen molar-refractivity contribution in [2.75, 3.05) is 13.2 Å². The van der Waals surface area contributed by atoms with E-state index in [0.29, 0.717) is 17.4 Å². The summed E-state index contributed by atoms with van der Waals surface area (Å²) in [5, 5.41) is 8.65. The summed E-state index contributed by atoms with van der Waals surface area (Å²) < 4.78 is 36.9. The number of nitrogens with zero attached hydrogens (tertiary/aromatic N) is 1. The van der Waals surface area contributed by atoms with Crippen LogP contribution < -0.4 is 9.46 Å². The van der Waals surface area contributed by atoms with Crippen molar-refractivity contribution in [2.24, 2.45) is 0 Å². The number of sulfonamides is 1. The lowest BCUT2D eigenvalue weighted by Gasteiger charge is -2.07. The Balaban J connectivity index is 2.01. The third kappa shape index (κ3) is 4.28. The van der Waals surface area contributed by atoms with Gasteiger partial charge in [-0.1, -0.05) is 0 Å². The second-order valence-corrected chi connectivity index (χ2v) is 6.00. The SMILES string of the molecule is Cc1cnc(CNS(=O)(=O)c2ccc(OCCO)cc2)o1. The van der Waals surface area contributed by atoms with E-state index in [1.165, 1.54) is 30.5 Å². The lowest BCUT2D eigenvalue weighted by molar-refractivity contribution is 0.201. The Hall–Kier alpha value is -1.90. The summed E-state index contributed by atoms with van der Waals surface area (Å²) in [6.45, 7) is 1.78. The van der Waals surface area contributed by atoms with Crippen LogP contribution in [-0.4, -0.2) is 31.7 Å². The molecule has 0 fully saturated rings. The molecule has 0 bridgehead atoms. The van der Waals surface area contributed by atoms with Crippen molar-refractivity contribution in [3.63, 3.8) is 0 Å². The molecule has 114 valence electrons. The van der Waals surface area contributed by atoms with E-state index in [2.05, 4.69) is 9.71 Å². The van der Waals surface area contributed by atoms with Crippen molar-refractivity contribution in [3.8, 4) is 5.75 Å². The molecule has 0 saturated heterocycles. The number of hydrogen-bond donors (Lipinski definition) is 2. The fourth-order valence-electron chi connectivity index (χ4n) is 1.60. The fourth-order valence-corrected chi connectivity index (χ4v) is 2.58. The molecule has 0 radical (unpaired) electrons. The summed E-state index contributed by atoms with van der Waals surface area (Å²) in [5.74, 6) is 1.42. The van der Waals surface area contributed by atoms with Crippen LogP contribution in [0.2, 0.25) is 0 Å². The lowest BCUT2D eigenvalue weighted by Crippen LogP contribution is -2.23. The Labute approximate surface area is 122 Å². The molecule has 8 heteroatoms. The molecule has 0 atom stereocenters. The maximum atomic E-state index is 12.1. The van der Waals surface area contributed by atoms with Gasteiger partial charge in [0.15, 0.2) is 0 Å². The smallest absolute Gasteiger partial charge is 0.241 e. The first-order chi connectivity index (χ1) is 10.0. The molecule has 21 heavy (non-hydrogen) atoms. The molecule has 0 amide bonds. The van der Waals surface area contributed by atoms with Crippen LogP contribution in [0.3, 0.4) is 0 Å². The third-order valence-electron chi connectivity index (χ3n) is 2.58. The molecule has 1 heterocycles. The number of aromatic nitrogens is 1. The van der Waals surface area contributed by atoms with Crippen LogP contribution in [0.1, 0.15) is 11.7 Å². The van der Waals surface area contributed by atoms with Crippen LogP contribution in [0.15, 0.2) is 39.8 Å². The number of aliphatic hydroxyl groups is 1. The topological polar surface area (TPSA) is 102 Å². The first kappa shape index (κ1) is 15.5. The quantitative estimate of drug-likeness (QED) is 0.785. The number of ether oxygens (including phenoxy) is 1. The molecule has 0 aliphatic heterocycles. The van der Waals surface area contributed by atoms with Gasteiger partial charge < -0.3 is 14.3 Å². The summed E-state index contributed by atoms with van der Waals surface area (Å²) in [6.07, 6.45) is 1.52. The molecule has 1 aromatic heterocycles. The largest absolute Gasteiger partial charge is 0.491 e. The number of nitrogens with one attached hydrogen (secondary N) is 1. The van der Waals surface area contributed by atoms with Gasteiger partial charge in [-0.05, 0) is 31.2 Å². The molecule has 2 rings (SSSR count). The monoisotopic (exact) mass is 312 g/mol. The van der Waals surface area contributed by atoms with Crippen molar-refractivity contribution in [3.05, 3.63) is 42.1 Å². The molecular weight excluding hydrogens is 296 g/mol. The Morgan fingerprint density at radius 3 is 2.62 bits per heavy atom. The van der Waals surface area contributed by atoms with E-state index in [1.54, 1.807) is 6.92 Å². The average molecular weight is 312 g/mol. The molecule has 0 spiro atoms. The van der Waals surface area contributed by atoms with Gasteiger partial charge in [-0.15, -0.1) is 0 Å². The number of aliphatic hydroxyl groups excluding tert-OH is 1.